The summed E-state index contributed by atoms with van der Waals surface area (Å²) in [5, 5.41) is 20.8. The van der Waals surface area contributed by atoms with E-state index in [4.69, 9.17) is 16.0 Å². The van der Waals surface area contributed by atoms with Gasteiger partial charge < -0.3 is 20.9 Å². The molecule has 4 N–H and O–H groups in total. The van der Waals surface area contributed by atoms with Gasteiger partial charge in [0.15, 0.2) is 5.84 Å². The number of nitrogens with two attached hydrogens (primary N) is 1. The van der Waals surface area contributed by atoms with Gasteiger partial charge in [-0.1, -0.05) is 5.16 Å². The van der Waals surface area contributed by atoms with Gasteiger partial charge >= 0.3 is 0 Å². The number of amidine groups is 1. The number of aliphatic hydroxyl groups excluding tert-OH is 1. The van der Waals surface area contributed by atoms with Crippen LogP contribution in [0.1, 0.15) is 24.5 Å². The van der Waals surface area contributed by atoms with E-state index < -0.39 is 0 Å². The number of pyridine rings is 1. The number of aliphatic hydroxyl groups is 1. The highest BCUT2D eigenvalue weighted by atomic mass is 16.4. The molecule has 0 saturated carbocycles. The van der Waals surface area contributed by atoms with Crippen LogP contribution < -0.4 is 10.6 Å². The van der Waals surface area contributed by atoms with Crippen LogP contribution in [-0.2, 0) is 0 Å². The van der Waals surface area contributed by atoms with Crippen molar-refractivity contribution in [1.82, 2.24) is 4.98 Å². The summed E-state index contributed by atoms with van der Waals surface area (Å²) >= 11 is 0. The second-order valence-corrected chi connectivity index (χ2v) is 3.97. The maximum Gasteiger partial charge on any atom is 0.174 e. The summed E-state index contributed by atoms with van der Waals surface area (Å²) in [7, 11) is 0. The minimum Gasteiger partial charge on any atom is -0.409 e. The fraction of sp³-hybridized carbons (Fsp3) is 0.500. The van der Waals surface area contributed by atoms with Gasteiger partial charge in [-0.25, -0.2) is 4.98 Å². The molecule has 6 nitrogen and oxygen atoms in total. The molecule has 0 aromatic carbocycles. The SMILES string of the molecule is CCN(CCCO)c1nccc(C)c1/C(N)=N/O. The molecule has 0 bridgehead atoms. The molecule has 18 heavy (non-hydrogen) atoms. The third-order valence-electron chi connectivity index (χ3n) is 2.77. The van der Waals surface area contributed by atoms with E-state index in [0.29, 0.717) is 24.3 Å². The summed E-state index contributed by atoms with van der Waals surface area (Å²) in [5.74, 6) is 0.735. The van der Waals surface area contributed by atoms with Gasteiger partial charge in [0.1, 0.15) is 5.82 Å². The van der Waals surface area contributed by atoms with E-state index in [1.54, 1.807) is 6.20 Å². The Morgan fingerprint density at radius 3 is 2.83 bits per heavy atom. The largest absolute Gasteiger partial charge is 0.409 e. The van der Waals surface area contributed by atoms with Gasteiger partial charge in [-0.05, 0) is 31.9 Å². The lowest BCUT2D eigenvalue weighted by atomic mass is 10.1. The summed E-state index contributed by atoms with van der Waals surface area (Å²) in [6.45, 7) is 5.43. The zero-order valence-electron chi connectivity index (χ0n) is 10.8. The summed E-state index contributed by atoms with van der Waals surface area (Å²) < 4.78 is 0. The van der Waals surface area contributed by atoms with Gasteiger partial charge in [-0.3, -0.25) is 0 Å². The second kappa shape index (κ2) is 6.80. The fourth-order valence-electron chi connectivity index (χ4n) is 1.83. The number of nitrogens with zero attached hydrogens (tertiary/aromatic N) is 3. The lowest BCUT2D eigenvalue weighted by Gasteiger charge is -2.24. The van der Waals surface area contributed by atoms with E-state index in [1.807, 2.05) is 24.8 Å². The van der Waals surface area contributed by atoms with Crippen LogP contribution in [0.3, 0.4) is 0 Å². The first-order chi connectivity index (χ1) is 8.65. The highest BCUT2D eigenvalue weighted by Gasteiger charge is 2.16. The summed E-state index contributed by atoms with van der Waals surface area (Å²) in [4.78, 5) is 6.30. The van der Waals surface area contributed by atoms with E-state index in [9.17, 15) is 0 Å². The number of rotatable bonds is 6. The monoisotopic (exact) mass is 252 g/mol. The minimum atomic E-state index is 0.0537. The van der Waals surface area contributed by atoms with Crippen LogP contribution in [-0.4, -0.2) is 40.8 Å². The van der Waals surface area contributed by atoms with Crippen molar-refractivity contribution in [3.8, 4) is 0 Å². The van der Waals surface area contributed by atoms with Crippen LogP contribution in [0.15, 0.2) is 17.4 Å². The highest BCUT2D eigenvalue weighted by molar-refractivity contribution is 6.02. The Hall–Kier alpha value is -1.82. The number of hydrogen-bond acceptors (Lipinski definition) is 5. The molecule has 0 atom stereocenters. The Bertz CT molecular complexity index is 421. The molecule has 0 aliphatic carbocycles. The Labute approximate surface area is 107 Å². The zero-order valence-corrected chi connectivity index (χ0v) is 10.8. The molecular weight excluding hydrogens is 232 g/mol. The molecule has 0 radical (unpaired) electrons. The molecule has 100 valence electrons. The minimum absolute atomic E-state index is 0.0537. The molecule has 1 aromatic heterocycles. The maximum atomic E-state index is 8.90. The van der Waals surface area contributed by atoms with Crippen molar-refractivity contribution in [3.05, 3.63) is 23.4 Å². The molecule has 0 fully saturated rings. The van der Waals surface area contributed by atoms with Crippen molar-refractivity contribution >= 4 is 11.7 Å². The van der Waals surface area contributed by atoms with Gasteiger partial charge in [0, 0.05) is 25.9 Å². The van der Waals surface area contributed by atoms with Crippen molar-refractivity contribution in [1.29, 1.82) is 0 Å². The van der Waals surface area contributed by atoms with E-state index in [-0.39, 0.29) is 12.4 Å². The standard InChI is InChI=1S/C12H20N4O2/c1-3-16(7-4-8-17)12-10(11(13)15-18)9(2)5-6-14-12/h5-6,17-18H,3-4,7-8H2,1-2H3,(H2,13,15). The number of hydrogen-bond donors (Lipinski definition) is 3. The van der Waals surface area contributed by atoms with Crippen LogP contribution in [0.25, 0.3) is 0 Å². The molecule has 6 heteroatoms. The lowest BCUT2D eigenvalue weighted by molar-refractivity contribution is 0.289. The number of anilines is 1. The van der Waals surface area contributed by atoms with Crippen LogP contribution in [0.4, 0.5) is 5.82 Å². The van der Waals surface area contributed by atoms with Gasteiger partial charge in [-0.2, -0.15) is 0 Å². The van der Waals surface area contributed by atoms with Gasteiger partial charge in [0.2, 0.25) is 0 Å². The average molecular weight is 252 g/mol. The van der Waals surface area contributed by atoms with Gasteiger partial charge in [-0.15, -0.1) is 0 Å². The van der Waals surface area contributed by atoms with Gasteiger partial charge in [0.25, 0.3) is 0 Å². The quantitative estimate of drug-likeness (QED) is 0.300. The summed E-state index contributed by atoms with van der Waals surface area (Å²) in [5.41, 5.74) is 7.24. The van der Waals surface area contributed by atoms with Crippen LogP contribution in [0.5, 0.6) is 0 Å². The highest BCUT2D eigenvalue weighted by Crippen LogP contribution is 2.20. The first-order valence-electron chi connectivity index (χ1n) is 5.95. The van der Waals surface area contributed by atoms with E-state index in [2.05, 4.69) is 10.1 Å². The molecule has 0 aliphatic rings. The topological polar surface area (TPSA) is 95.0 Å². The third kappa shape index (κ3) is 3.10. The first kappa shape index (κ1) is 14.2. The predicted molar refractivity (Wildman–Crippen MR) is 71.1 cm³/mol. The van der Waals surface area contributed by atoms with Crippen molar-refractivity contribution in [2.24, 2.45) is 10.9 Å². The molecule has 1 rings (SSSR count). The molecular formula is C12H20N4O2. The molecule has 0 amide bonds. The Kier molecular flexibility index (Phi) is 5.38. The Morgan fingerprint density at radius 2 is 2.28 bits per heavy atom. The second-order valence-electron chi connectivity index (χ2n) is 3.97. The predicted octanol–water partition coefficient (Wildman–Crippen LogP) is 0.693. The molecule has 0 spiro atoms. The van der Waals surface area contributed by atoms with Crippen molar-refractivity contribution in [2.75, 3.05) is 24.6 Å². The molecule has 0 aliphatic heterocycles. The van der Waals surface area contributed by atoms with Crippen molar-refractivity contribution < 1.29 is 10.3 Å². The Balaban J connectivity index is 3.17. The van der Waals surface area contributed by atoms with E-state index >= 15 is 0 Å². The average Bonchev–Trinajstić information content (AvgIpc) is 2.39. The van der Waals surface area contributed by atoms with Crippen molar-refractivity contribution in [3.63, 3.8) is 0 Å². The molecule has 1 aromatic rings. The summed E-state index contributed by atoms with van der Waals surface area (Å²) in [6, 6.07) is 1.82. The number of oxime groups is 1. The van der Waals surface area contributed by atoms with E-state index in [1.165, 1.54) is 0 Å². The summed E-state index contributed by atoms with van der Waals surface area (Å²) in [6.07, 6.45) is 2.35. The normalized spacial score (nSPS) is 11.6. The first-order valence-corrected chi connectivity index (χ1v) is 5.95. The third-order valence-corrected chi connectivity index (χ3v) is 2.77. The van der Waals surface area contributed by atoms with E-state index in [0.717, 1.165) is 12.1 Å². The molecule has 0 saturated heterocycles. The smallest absolute Gasteiger partial charge is 0.174 e. The lowest BCUT2D eigenvalue weighted by Crippen LogP contribution is -2.29. The fourth-order valence-corrected chi connectivity index (χ4v) is 1.83. The van der Waals surface area contributed by atoms with Gasteiger partial charge in [0.05, 0.1) is 5.56 Å². The van der Waals surface area contributed by atoms with Crippen LogP contribution in [0, 0.1) is 6.92 Å². The molecule has 0 unspecified atom stereocenters. The van der Waals surface area contributed by atoms with Crippen molar-refractivity contribution in [2.45, 2.75) is 20.3 Å². The number of aryl methyl sites for hydroxylation is 1. The number of aromatic nitrogens is 1. The molecule has 1 heterocycles. The van der Waals surface area contributed by atoms with Crippen LogP contribution in [0.2, 0.25) is 0 Å². The maximum absolute atomic E-state index is 8.90. The van der Waals surface area contributed by atoms with Crippen LogP contribution >= 0.6 is 0 Å². The zero-order chi connectivity index (χ0) is 13.5. The Morgan fingerprint density at radius 1 is 1.56 bits per heavy atom.